The van der Waals surface area contributed by atoms with Crippen molar-refractivity contribution in [2.75, 3.05) is 0 Å². The van der Waals surface area contributed by atoms with Crippen LogP contribution in [0.2, 0.25) is 0 Å². The fraction of sp³-hybridized carbons (Fsp3) is 0.188. The van der Waals surface area contributed by atoms with E-state index in [1.54, 1.807) is 68.4 Å². The summed E-state index contributed by atoms with van der Waals surface area (Å²) in [6, 6.07) is 22.5. The number of hydrogen-bond donors (Lipinski definition) is 1. The monoisotopic (exact) mass is 649 g/mol. The summed E-state index contributed by atoms with van der Waals surface area (Å²) in [7, 11) is -8.76. The third kappa shape index (κ3) is 6.22. The molecular formula is C32H27NO10S2. The van der Waals surface area contributed by atoms with Gasteiger partial charge in [0.1, 0.15) is 21.3 Å². The molecule has 13 heteroatoms. The molecule has 1 N–H and O–H groups in total. The summed E-state index contributed by atoms with van der Waals surface area (Å²) in [6.07, 6.45) is -2.27. The summed E-state index contributed by atoms with van der Waals surface area (Å²) in [5, 5.41) is 2.66. The third-order valence-corrected chi connectivity index (χ3v) is 9.91. The molecule has 3 atom stereocenters. The van der Waals surface area contributed by atoms with Gasteiger partial charge in [-0.25, -0.2) is 4.79 Å². The Kier molecular flexibility index (Phi) is 7.75. The van der Waals surface area contributed by atoms with E-state index in [4.69, 9.17) is 17.8 Å². The second kappa shape index (κ2) is 11.6. The molecule has 4 aromatic carbocycles. The molecule has 2 heterocycles. The number of carbonyl (C=O) groups is 2. The van der Waals surface area contributed by atoms with Crippen molar-refractivity contribution in [3.63, 3.8) is 0 Å². The van der Waals surface area contributed by atoms with Crippen LogP contribution < -0.4 is 18.4 Å². The molecule has 232 valence electrons. The molecule has 0 bridgehead atoms. The zero-order valence-electron chi connectivity index (χ0n) is 24.0. The van der Waals surface area contributed by atoms with Gasteiger partial charge >= 0.3 is 26.2 Å². The lowest BCUT2D eigenvalue weighted by molar-refractivity contribution is -0.137. The number of benzene rings is 4. The molecule has 6 rings (SSSR count). The zero-order chi connectivity index (χ0) is 31.9. The number of piperidine rings is 1. The minimum absolute atomic E-state index is 0.0334. The molecule has 11 nitrogen and oxygen atoms in total. The van der Waals surface area contributed by atoms with Crippen molar-refractivity contribution in [1.82, 2.24) is 5.32 Å². The number of hydrogen-bond acceptors (Lipinski definition) is 10. The van der Waals surface area contributed by atoms with Gasteiger partial charge in [0, 0.05) is 24.1 Å². The van der Waals surface area contributed by atoms with Crippen molar-refractivity contribution in [3.8, 4) is 17.2 Å². The van der Waals surface area contributed by atoms with Gasteiger partial charge < -0.3 is 23.2 Å². The van der Waals surface area contributed by atoms with Crippen LogP contribution in [0, 0.1) is 13.8 Å². The molecule has 0 radical (unpaired) electrons. The van der Waals surface area contributed by atoms with E-state index < -0.39 is 50.4 Å². The molecule has 0 aromatic heterocycles. The van der Waals surface area contributed by atoms with Crippen LogP contribution in [0.5, 0.6) is 17.2 Å². The largest absolute Gasteiger partial charge is 0.469 e. The number of nitrogens with one attached hydrogen (secondary N) is 1. The van der Waals surface area contributed by atoms with Gasteiger partial charge in [0.15, 0.2) is 18.1 Å². The van der Waals surface area contributed by atoms with Crippen molar-refractivity contribution in [2.24, 2.45) is 0 Å². The molecule has 2 aliphatic rings. The molecule has 45 heavy (non-hydrogen) atoms. The van der Waals surface area contributed by atoms with Crippen LogP contribution in [0.1, 0.15) is 39.4 Å². The predicted octanol–water partition coefficient (Wildman–Crippen LogP) is 4.39. The maximum Gasteiger partial charge on any atom is 0.339 e. The van der Waals surface area contributed by atoms with Crippen molar-refractivity contribution in [3.05, 3.63) is 113 Å². The first kappa shape index (κ1) is 30.2. The summed E-state index contributed by atoms with van der Waals surface area (Å²) < 4.78 is 75.4. The van der Waals surface area contributed by atoms with Crippen LogP contribution in [-0.4, -0.2) is 41.0 Å². The van der Waals surface area contributed by atoms with Crippen LogP contribution in [0.25, 0.3) is 0 Å². The van der Waals surface area contributed by atoms with Gasteiger partial charge in [-0.05, 0) is 50.2 Å². The van der Waals surface area contributed by atoms with Crippen LogP contribution in [-0.2, 0) is 29.8 Å². The van der Waals surface area contributed by atoms with Crippen LogP contribution >= 0.6 is 0 Å². The summed E-state index contributed by atoms with van der Waals surface area (Å²) in [5.41, 5.74) is 2.16. The van der Waals surface area contributed by atoms with E-state index in [1.807, 2.05) is 0 Å². The first-order valence-electron chi connectivity index (χ1n) is 13.8. The van der Waals surface area contributed by atoms with Crippen molar-refractivity contribution < 1.29 is 44.3 Å². The van der Waals surface area contributed by atoms with Crippen molar-refractivity contribution in [1.29, 1.82) is 0 Å². The number of aryl methyl sites for hydroxylation is 2. The molecule has 0 saturated carbocycles. The summed E-state index contributed by atoms with van der Waals surface area (Å²) in [4.78, 5) is 25.4. The first-order chi connectivity index (χ1) is 21.4. The lowest BCUT2D eigenvalue weighted by Crippen LogP contribution is -2.52. The van der Waals surface area contributed by atoms with E-state index in [0.717, 1.165) is 17.2 Å². The van der Waals surface area contributed by atoms with Crippen LogP contribution in [0.15, 0.2) is 101 Å². The minimum atomic E-state index is -4.42. The van der Waals surface area contributed by atoms with E-state index in [9.17, 15) is 26.4 Å². The van der Waals surface area contributed by atoms with Gasteiger partial charge in [-0.1, -0.05) is 53.6 Å². The quantitative estimate of drug-likeness (QED) is 0.215. The average Bonchev–Trinajstić information content (AvgIpc) is 3.34. The topological polar surface area (TPSA) is 151 Å². The number of carbonyl (C=O) groups excluding carboxylic acids is 2. The third-order valence-electron chi connectivity index (χ3n) is 7.40. The van der Waals surface area contributed by atoms with E-state index in [2.05, 4.69) is 5.32 Å². The Labute approximate surface area is 260 Å². The fourth-order valence-electron chi connectivity index (χ4n) is 5.09. The Hall–Kier alpha value is -4.88. The Morgan fingerprint density at radius 3 is 1.98 bits per heavy atom. The summed E-state index contributed by atoms with van der Waals surface area (Å²) in [6.45, 7) is 3.61. The molecule has 1 saturated heterocycles. The molecule has 1 amide bonds. The number of fused-ring (bicyclic) bond motifs is 3. The molecular weight excluding hydrogens is 622 g/mol. The Morgan fingerprint density at radius 1 is 0.800 bits per heavy atom. The Morgan fingerprint density at radius 2 is 1.38 bits per heavy atom. The second-order valence-corrected chi connectivity index (χ2v) is 13.8. The fourth-order valence-corrected chi connectivity index (χ4v) is 6.95. The summed E-state index contributed by atoms with van der Waals surface area (Å²) in [5.74, 6) is -2.55. The van der Waals surface area contributed by atoms with Gasteiger partial charge in [-0.3, -0.25) is 4.79 Å². The molecule has 0 spiro atoms. The predicted molar refractivity (Wildman–Crippen MR) is 160 cm³/mol. The highest BCUT2D eigenvalue weighted by Crippen LogP contribution is 2.50. The summed E-state index contributed by atoms with van der Waals surface area (Å²) >= 11 is 0. The van der Waals surface area contributed by atoms with Crippen LogP contribution in [0.3, 0.4) is 0 Å². The molecule has 1 fully saturated rings. The maximum absolute atomic E-state index is 13.4. The number of ether oxygens (including phenoxy) is 2. The highest BCUT2D eigenvalue weighted by Gasteiger charge is 2.47. The molecule has 0 aliphatic carbocycles. The van der Waals surface area contributed by atoms with Gasteiger partial charge in [-0.2, -0.15) is 16.8 Å². The number of rotatable bonds is 8. The van der Waals surface area contributed by atoms with E-state index in [1.165, 1.54) is 30.3 Å². The lowest BCUT2D eigenvalue weighted by Gasteiger charge is -2.31. The standard InChI is InChI=1S/C32H27NO10S2/c1-19-8-12-23(13-9-19)44(36,37)42-22-16-26-29(27(17-22)43-45(38,39)24-14-10-20(2)11-15-24)25-18-28(30(34)33-31(25)40-26)41-32(35)21-6-4-3-5-7-21/h3-17,25,28,31H,18H2,1-2H3,(H,33,34)/t25?,28-,31?/m0/s1. The highest BCUT2D eigenvalue weighted by molar-refractivity contribution is 7.87. The molecule has 2 unspecified atom stereocenters. The SMILES string of the molecule is Cc1ccc(S(=O)(=O)Oc2cc3c(c(OS(=O)(=O)c4ccc(C)cc4)c2)C2C[C@H](OC(=O)c4ccccc4)C(=O)NC2O3)cc1. The van der Waals surface area contributed by atoms with Gasteiger partial charge in [0.25, 0.3) is 5.91 Å². The second-order valence-electron chi connectivity index (χ2n) is 10.7. The maximum atomic E-state index is 13.4. The zero-order valence-corrected chi connectivity index (χ0v) is 25.6. The average molecular weight is 650 g/mol. The Bertz CT molecular complexity index is 1990. The van der Waals surface area contributed by atoms with E-state index in [0.29, 0.717) is 0 Å². The van der Waals surface area contributed by atoms with E-state index in [-0.39, 0.29) is 44.6 Å². The molecule has 2 aliphatic heterocycles. The van der Waals surface area contributed by atoms with Crippen molar-refractivity contribution >= 4 is 32.1 Å². The van der Waals surface area contributed by atoms with Crippen molar-refractivity contribution in [2.45, 2.75) is 48.3 Å². The molecule has 4 aromatic rings. The normalized spacial score (nSPS) is 19.0. The smallest absolute Gasteiger partial charge is 0.339 e. The van der Waals surface area contributed by atoms with Gasteiger partial charge in [0.2, 0.25) is 0 Å². The van der Waals surface area contributed by atoms with Crippen LogP contribution in [0.4, 0.5) is 0 Å². The Balaban J connectivity index is 1.36. The van der Waals surface area contributed by atoms with Gasteiger partial charge in [-0.15, -0.1) is 0 Å². The first-order valence-corrected chi connectivity index (χ1v) is 16.6. The lowest BCUT2D eigenvalue weighted by atomic mass is 9.89. The number of amides is 1. The minimum Gasteiger partial charge on any atom is -0.469 e. The van der Waals surface area contributed by atoms with E-state index >= 15 is 0 Å². The highest BCUT2D eigenvalue weighted by atomic mass is 32.2. The number of esters is 1. The van der Waals surface area contributed by atoms with Gasteiger partial charge in [0.05, 0.1) is 11.5 Å².